The minimum Gasteiger partial charge on any atom is -0.508 e. The number of phenols is 1. The number of carbonyl (C=O) groups excluding carboxylic acids is 1. The summed E-state index contributed by atoms with van der Waals surface area (Å²) < 4.78 is 0. The van der Waals surface area contributed by atoms with E-state index in [1.54, 1.807) is 25.1 Å². The first-order valence-corrected chi connectivity index (χ1v) is 6.22. The average molecular weight is 256 g/mol. The maximum absolute atomic E-state index is 11.9. The molecule has 1 aromatic rings. The topological polar surface area (TPSA) is 49.3 Å². The molecule has 0 heterocycles. The predicted octanol–water partition coefficient (Wildman–Crippen LogP) is 2.70. The zero-order valence-electron chi connectivity index (χ0n) is 10.2. The maximum Gasteiger partial charge on any atom is 0.251 e. The second-order valence-corrected chi connectivity index (χ2v) is 4.62. The Morgan fingerprint density at radius 1 is 1.53 bits per heavy atom. The molecule has 2 N–H and O–H groups in total. The zero-order chi connectivity index (χ0) is 12.8. The van der Waals surface area contributed by atoms with E-state index in [1.165, 1.54) is 0 Å². The van der Waals surface area contributed by atoms with E-state index in [0.717, 1.165) is 6.42 Å². The van der Waals surface area contributed by atoms with Crippen LogP contribution in [-0.2, 0) is 0 Å². The Bertz CT molecular complexity index is 393. The number of benzene rings is 1. The van der Waals surface area contributed by atoms with Crippen molar-refractivity contribution in [2.75, 3.05) is 12.4 Å². The van der Waals surface area contributed by atoms with Gasteiger partial charge in [0.15, 0.2) is 0 Å². The molecule has 1 unspecified atom stereocenters. The lowest BCUT2D eigenvalue weighted by molar-refractivity contribution is 0.0947. The monoisotopic (exact) mass is 255 g/mol. The lowest BCUT2D eigenvalue weighted by atomic mass is 10.1. The molecule has 0 saturated heterocycles. The SMILES string of the molecule is Cc1c(O)cccc1C(=O)NCC(C)CCCl. The van der Waals surface area contributed by atoms with E-state index in [1.807, 2.05) is 6.92 Å². The molecule has 17 heavy (non-hydrogen) atoms. The molecular formula is C13H18ClNO2. The van der Waals surface area contributed by atoms with Crippen molar-refractivity contribution in [3.05, 3.63) is 29.3 Å². The van der Waals surface area contributed by atoms with Crippen LogP contribution in [0, 0.1) is 12.8 Å². The molecule has 0 aliphatic carbocycles. The van der Waals surface area contributed by atoms with Crippen LogP contribution in [-0.4, -0.2) is 23.4 Å². The van der Waals surface area contributed by atoms with Gasteiger partial charge in [0, 0.05) is 23.6 Å². The van der Waals surface area contributed by atoms with Gasteiger partial charge in [-0.1, -0.05) is 13.0 Å². The molecule has 1 rings (SSSR count). The van der Waals surface area contributed by atoms with Crippen LogP contribution in [0.15, 0.2) is 18.2 Å². The standard InChI is InChI=1S/C13H18ClNO2/c1-9(6-7-14)8-15-13(17)11-4-3-5-12(16)10(11)2/h3-5,9,16H,6-8H2,1-2H3,(H,15,17). The maximum atomic E-state index is 11.9. The summed E-state index contributed by atoms with van der Waals surface area (Å²) in [4.78, 5) is 11.9. The van der Waals surface area contributed by atoms with Crippen molar-refractivity contribution in [3.63, 3.8) is 0 Å². The van der Waals surface area contributed by atoms with Crippen molar-refractivity contribution in [2.24, 2.45) is 5.92 Å². The molecule has 0 aliphatic rings. The molecule has 1 aromatic carbocycles. The van der Waals surface area contributed by atoms with Crippen molar-refractivity contribution in [3.8, 4) is 5.75 Å². The quantitative estimate of drug-likeness (QED) is 0.795. The number of amides is 1. The third kappa shape index (κ3) is 3.93. The van der Waals surface area contributed by atoms with Crippen LogP contribution < -0.4 is 5.32 Å². The zero-order valence-corrected chi connectivity index (χ0v) is 10.9. The number of aromatic hydroxyl groups is 1. The largest absolute Gasteiger partial charge is 0.508 e. The highest BCUT2D eigenvalue weighted by Crippen LogP contribution is 2.19. The van der Waals surface area contributed by atoms with Crippen LogP contribution in [0.1, 0.15) is 29.3 Å². The molecule has 0 aliphatic heterocycles. The highest BCUT2D eigenvalue weighted by atomic mass is 35.5. The summed E-state index contributed by atoms with van der Waals surface area (Å²) in [7, 11) is 0. The summed E-state index contributed by atoms with van der Waals surface area (Å²) in [5.41, 5.74) is 1.12. The smallest absolute Gasteiger partial charge is 0.251 e. The second-order valence-electron chi connectivity index (χ2n) is 4.24. The van der Waals surface area contributed by atoms with Crippen LogP contribution >= 0.6 is 11.6 Å². The van der Waals surface area contributed by atoms with Crippen molar-refractivity contribution in [1.29, 1.82) is 0 Å². The van der Waals surface area contributed by atoms with Gasteiger partial charge in [0.25, 0.3) is 5.91 Å². The normalized spacial score (nSPS) is 12.2. The lowest BCUT2D eigenvalue weighted by Gasteiger charge is -2.12. The molecule has 3 nitrogen and oxygen atoms in total. The molecular weight excluding hydrogens is 238 g/mol. The lowest BCUT2D eigenvalue weighted by Crippen LogP contribution is -2.29. The van der Waals surface area contributed by atoms with Gasteiger partial charge in [-0.25, -0.2) is 0 Å². The first-order valence-electron chi connectivity index (χ1n) is 5.69. The summed E-state index contributed by atoms with van der Waals surface area (Å²) in [6.07, 6.45) is 0.876. The van der Waals surface area contributed by atoms with E-state index < -0.39 is 0 Å². The van der Waals surface area contributed by atoms with Gasteiger partial charge < -0.3 is 10.4 Å². The third-order valence-electron chi connectivity index (χ3n) is 2.76. The molecule has 4 heteroatoms. The Morgan fingerprint density at radius 2 is 2.24 bits per heavy atom. The molecule has 0 bridgehead atoms. The highest BCUT2D eigenvalue weighted by Gasteiger charge is 2.11. The van der Waals surface area contributed by atoms with Gasteiger partial charge in [0.05, 0.1) is 0 Å². The van der Waals surface area contributed by atoms with Crippen LogP contribution in [0.2, 0.25) is 0 Å². The first kappa shape index (κ1) is 13.8. The number of hydrogen-bond donors (Lipinski definition) is 2. The van der Waals surface area contributed by atoms with Gasteiger partial charge >= 0.3 is 0 Å². The number of hydrogen-bond acceptors (Lipinski definition) is 2. The fourth-order valence-corrected chi connectivity index (χ4v) is 1.89. The Labute approximate surface area is 107 Å². The number of phenolic OH excluding ortho intramolecular Hbond substituents is 1. The predicted molar refractivity (Wildman–Crippen MR) is 69.7 cm³/mol. The van der Waals surface area contributed by atoms with Gasteiger partial charge in [-0.3, -0.25) is 4.79 Å². The number of halogens is 1. The summed E-state index contributed by atoms with van der Waals surface area (Å²) in [5, 5.41) is 12.4. The molecule has 0 radical (unpaired) electrons. The van der Waals surface area contributed by atoms with Crippen molar-refractivity contribution < 1.29 is 9.90 Å². The second kappa shape index (κ2) is 6.50. The van der Waals surface area contributed by atoms with E-state index in [9.17, 15) is 9.90 Å². The third-order valence-corrected chi connectivity index (χ3v) is 2.98. The van der Waals surface area contributed by atoms with E-state index in [4.69, 9.17) is 11.6 Å². The molecule has 0 saturated carbocycles. The van der Waals surface area contributed by atoms with Crippen LogP contribution in [0.3, 0.4) is 0 Å². The summed E-state index contributed by atoms with van der Waals surface area (Å²) in [6, 6.07) is 4.94. The Balaban J connectivity index is 2.61. The minimum atomic E-state index is -0.153. The number of carbonyl (C=O) groups is 1. The summed E-state index contributed by atoms with van der Waals surface area (Å²) in [5.74, 6) is 0.947. The van der Waals surface area contributed by atoms with Crippen molar-refractivity contribution in [2.45, 2.75) is 20.3 Å². The number of alkyl halides is 1. The van der Waals surface area contributed by atoms with Gasteiger partial charge in [0.2, 0.25) is 0 Å². The fourth-order valence-electron chi connectivity index (χ4n) is 1.52. The van der Waals surface area contributed by atoms with Crippen molar-refractivity contribution >= 4 is 17.5 Å². The fraction of sp³-hybridized carbons (Fsp3) is 0.462. The van der Waals surface area contributed by atoms with Gasteiger partial charge in [-0.2, -0.15) is 0 Å². The molecule has 1 atom stereocenters. The summed E-state index contributed by atoms with van der Waals surface area (Å²) >= 11 is 5.63. The van der Waals surface area contributed by atoms with Crippen LogP contribution in [0.25, 0.3) is 0 Å². The molecule has 0 aromatic heterocycles. The van der Waals surface area contributed by atoms with E-state index in [2.05, 4.69) is 5.32 Å². The highest BCUT2D eigenvalue weighted by molar-refractivity contribution is 6.17. The molecule has 0 fully saturated rings. The number of rotatable bonds is 5. The Morgan fingerprint density at radius 3 is 2.88 bits per heavy atom. The minimum absolute atomic E-state index is 0.145. The Kier molecular flexibility index (Phi) is 5.29. The van der Waals surface area contributed by atoms with Crippen molar-refractivity contribution in [1.82, 2.24) is 5.32 Å². The van der Waals surface area contributed by atoms with Gasteiger partial charge in [-0.15, -0.1) is 11.6 Å². The van der Waals surface area contributed by atoms with Crippen LogP contribution in [0.5, 0.6) is 5.75 Å². The summed E-state index contributed by atoms with van der Waals surface area (Å²) in [6.45, 7) is 4.37. The average Bonchev–Trinajstić information content (AvgIpc) is 2.30. The van der Waals surface area contributed by atoms with E-state index in [0.29, 0.717) is 29.5 Å². The number of nitrogens with one attached hydrogen (secondary N) is 1. The van der Waals surface area contributed by atoms with Gasteiger partial charge in [-0.05, 0) is 31.4 Å². The van der Waals surface area contributed by atoms with E-state index >= 15 is 0 Å². The Hall–Kier alpha value is -1.22. The van der Waals surface area contributed by atoms with E-state index in [-0.39, 0.29) is 11.7 Å². The molecule has 0 spiro atoms. The molecule has 1 amide bonds. The first-order chi connectivity index (χ1) is 8.06. The van der Waals surface area contributed by atoms with Gasteiger partial charge in [0.1, 0.15) is 5.75 Å². The molecule has 94 valence electrons. The van der Waals surface area contributed by atoms with Crippen LogP contribution in [0.4, 0.5) is 0 Å².